The van der Waals surface area contributed by atoms with Crippen LogP contribution in [0.1, 0.15) is 39.0 Å². The summed E-state index contributed by atoms with van der Waals surface area (Å²) in [6.45, 7) is 3.47. The number of hydrogen-bond acceptors (Lipinski definition) is 3. The molecule has 1 saturated heterocycles. The zero-order valence-electron chi connectivity index (χ0n) is 10.9. The zero-order valence-corrected chi connectivity index (χ0v) is 10.9. The van der Waals surface area contributed by atoms with E-state index >= 15 is 0 Å². The molecule has 4 nitrogen and oxygen atoms in total. The molecular weight excluding hydrogens is 216 g/mol. The van der Waals surface area contributed by atoms with Crippen molar-refractivity contribution in [2.75, 3.05) is 20.1 Å². The minimum Gasteiger partial charge on any atom is -0.480 e. The van der Waals surface area contributed by atoms with E-state index in [1.807, 2.05) is 0 Å². The maximum Gasteiger partial charge on any atom is 0.317 e. The van der Waals surface area contributed by atoms with Crippen LogP contribution in [-0.2, 0) is 4.79 Å². The third-order valence-corrected chi connectivity index (χ3v) is 4.44. The molecule has 2 aliphatic rings. The molecule has 17 heavy (non-hydrogen) atoms. The number of carbonyl (C=O) groups is 1. The molecule has 1 saturated carbocycles. The third kappa shape index (κ3) is 2.99. The highest BCUT2D eigenvalue weighted by Crippen LogP contribution is 2.29. The number of nitrogens with zero attached hydrogens (tertiary/aromatic N) is 2. The summed E-state index contributed by atoms with van der Waals surface area (Å²) < 4.78 is 0. The van der Waals surface area contributed by atoms with Crippen LogP contribution in [0.3, 0.4) is 0 Å². The molecule has 2 unspecified atom stereocenters. The summed E-state index contributed by atoms with van der Waals surface area (Å²) >= 11 is 0. The quantitative estimate of drug-likeness (QED) is 0.807. The van der Waals surface area contributed by atoms with Crippen LogP contribution < -0.4 is 0 Å². The van der Waals surface area contributed by atoms with Gasteiger partial charge in [-0.1, -0.05) is 12.8 Å². The summed E-state index contributed by atoms with van der Waals surface area (Å²) in [4.78, 5) is 15.6. The molecule has 1 N–H and O–H groups in total. The SMILES string of the molecule is CC1CC(N(CC(=O)O)C2CCCC2)CN1C. The topological polar surface area (TPSA) is 43.8 Å². The zero-order chi connectivity index (χ0) is 12.4. The summed E-state index contributed by atoms with van der Waals surface area (Å²) in [5.41, 5.74) is 0. The van der Waals surface area contributed by atoms with E-state index in [-0.39, 0.29) is 6.54 Å². The van der Waals surface area contributed by atoms with Gasteiger partial charge in [0.05, 0.1) is 6.54 Å². The number of likely N-dealkylation sites (N-methyl/N-ethyl adjacent to an activating group) is 1. The molecule has 0 spiro atoms. The van der Waals surface area contributed by atoms with E-state index in [4.69, 9.17) is 5.11 Å². The molecule has 0 aromatic heterocycles. The molecule has 0 aromatic carbocycles. The second-order valence-corrected chi connectivity index (χ2v) is 5.68. The molecule has 0 radical (unpaired) electrons. The molecule has 2 rings (SSSR count). The Bertz CT molecular complexity index is 267. The van der Waals surface area contributed by atoms with Gasteiger partial charge in [-0.05, 0) is 33.2 Å². The van der Waals surface area contributed by atoms with Gasteiger partial charge in [0.2, 0.25) is 0 Å². The first kappa shape index (κ1) is 12.8. The molecular formula is C13H24N2O2. The lowest BCUT2D eigenvalue weighted by Gasteiger charge is -2.32. The van der Waals surface area contributed by atoms with E-state index in [0.29, 0.717) is 18.1 Å². The number of aliphatic carboxylic acids is 1. The van der Waals surface area contributed by atoms with Crippen LogP contribution in [0.2, 0.25) is 0 Å². The molecule has 0 aromatic rings. The molecule has 2 atom stereocenters. The van der Waals surface area contributed by atoms with E-state index < -0.39 is 5.97 Å². The van der Waals surface area contributed by atoms with Crippen molar-refractivity contribution in [3.8, 4) is 0 Å². The average Bonchev–Trinajstić information content (AvgIpc) is 2.86. The van der Waals surface area contributed by atoms with Crippen LogP contribution in [0, 0.1) is 0 Å². The maximum atomic E-state index is 11.0. The summed E-state index contributed by atoms with van der Waals surface area (Å²) in [7, 11) is 2.14. The Hall–Kier alpha value is -0.610. The summed E-state index contributed by atoms with van der Waals surface area (Å²) in [6, 6.07) is 1.53. The first-order valence-corrected chi connectivity index (χ1v) is 6.75. The van der Waals surface area contributed by atoms with Crippen molar-refractivity contribution >= 4 is 5.97 Å². The van der Waals surface area contributed by atoms with Crippen LogP contribution in [0.15, 0.2) is 0 Å². The fraction of sp³-hybridized carbons (Fsp3) is 0.923. The highest BCUT2D eigenvalue weighted by molar-refractivity contribution is 5.69. The van der Waals surface area contributed by atoms with Gasteiger partial charge in [0.1, 0.15) is 0 Å². The van der Waals surface area contributed by atoms with Crippen molar-refractivity contribution in [2.45, 2.75) is 57.2 Å². The van der Waals surface area contributed by atoms with Crippen molar-refractivity contribution in [1.82, 2.24) is 9.80 Å². The highest BCUT2D eigenvalue weighted by Gasteiger charge is 2.36. The fourth-order valence-electron chi connectivity index (χ4n) is 3.35. The van der Waals surface area contributed by atoms with Gasteiger partial charge < -0.3 is 10.0 Å². The second kappa shape index (κ2) is 5.36. The van der Waals surface area contributed by atoms with Gasteiger partial charge in [0.25, 0.3) is 0 Å². The monoisotopic (exact) mass is 240 g/mol. The van der Waals surface area contributed by atoms with Gasteiger partial charge in [-0.15, -0.1) is 0 Å². The standard InChI is InChI=1S/C13H24N2O2/c1-10-7-12(8-14(10)2)15(9-13(16)17)11-5-3-4-6-11/h10-12H,3-9H2,1-2H3,(H,16,17). The summed E-state index contributed by atoms with van der Waals surface area (Å²) in [5, 5.41) is 9.08. The molecule has 4 heteroatoms. The third-order valence-electron chi connectivity index (χ3n) is 4.44. The molecule has 0 bridgehead atoms. The number of likely N-dealkylation sites (tertiary alicyclic amines) is 1. The molecule has 2 fully saturated rings. The summed E-state index contributed by atoms with van der Waals surface area (Å²) in [5.74, 6) is -0.681. The smallest absolute Gasteiger partial charge is 0.317 e. The number of rotatable bonds is 4. The Morgan fingerprint density at radius 3 is 2.47 bits per heavy atom. The predicted molar refractivity (Wildman–Crippen MR) is 67.1 cm³/mol. The van der Waals surface area contributed by atoms with Gasteiger partial charge in [0, 0.05) is 24.7 Å². The minimum atomic E-state index is -0.681. The van der Waals surface area contributed by atoms with Crippen LogP contribution in [0.4, 0.5) is 0 Å². The minimum absolute atomic E-state index is 0.218. The Balaban J connectivity index is 2.01. The van der Waals surface area contributed by atoms with Gasteiger partial charge in [-0.3, -0.25) is 9.69 Å². The van der Waals surface area contributed by atoms with Crippen LogP contribution in [-0.4, -0.2) is 59.1 Å². The van der Waals surface area contributed by atoms with E-state index in [2.05, 4.69) is 23.8 Å². The Labute approximate surface area is 104 Å². The molecule has 98 valence electrons. The van der Waals surface area contributed by atoms with Crippen LogP contribution in [0.5, 0.6) is 0 Å². The Kier molecular flexibility index (Phi) is 4.05. The number of carboxylic acids is 1. The second-order valence-electron chi connectivity index (χ2n) is 5.68. The Morgan fingerprint density at radius 2 is 2.00 bits per heavy atom. The van der Waals surface area contributed by atoms with Crippen molar-refractivity contribution in [3.63, 3.8) is 0 Å². The summed E-state index contributed by atoms with van der Waals surface area (Å²) in [6.07, 6.45) is 6.00. The van der Waals surface area contributed by atoms with E-state index in [1.54, 1.807) is 0 Å². The first-order chi connectivity index (χ1) is 8.08. The van der Waals surface area contributed by atoms with Crippen molar-refractivity contribution in [1.29, 1.82) is 0 Å². The lowest BCUT2D eigenvalue weighted by Crippen LogP contribution is -2.46. The lowest BCUT2D eigenvalue weighted by molar-refractivity contribution is -0.139. The average molecular weight is 240 g/mol. The van der Waals surface area contributed by atoms with Crippen LogP contribution >= 0.6 is 0 Å². The van der Waals surface area contributed by atoms with Gasteiger partial charge in [0.15, 0.2) is 0 Å². The maximum absolute atomic E-state index is 11.0. The van der Waals surface area contributed by atoms with Gasteiger partial charge >= 0.3 is 5.97 Å². The van der Waals surface area contributed by atoms with Gasteiger partial charge in [-0.2, -0.15) is 0 Å². The van der Waals surface area contributed by atoms with Crippen molar-refractivity contribution < 1.29 is 9.90 Å². The molecule has 0 amide bonds. The number of hydrogen-bond donors (Lipinski definition) is 1. The largest absolute Gasteiger partial charge is 0.480 e. The normalized spacial score (nSPS) is 31.5. The van der Waals surface area contributed by atoms with E-state index in [9.17, 15) is 4.79 Å². The van der Waals surface area contributed by atoms with Crippen molar-refractivity contribution in [2.24, 2.45) is 0 Å². The molecule has 1 heterocycles. The van der Waals surface area contributed by atoms with E-state index in [1.165, 1.54) is 25.7 Å². The highest BCUT2D eigenvalue weighted by atomic mass is 16.4. The van der Waals surface area contributed by atoms with Crippen LogP contribution in [0.25, 0.3) is 0 Å². The van der Waals surface area contributed by atoms with Gasteiger partial charge in [-0.25, -0.2) is 0 Å². The molecule has 1 aliphatic heterocycles. The lowest BCUT2D eigenvalue weighted by atomic mass is 10.1. The fourth-order valence-corrected chi connectivity index (χ4v) is 3.35. The Morgan fingerprint density at radius 1 is 1.35 bits per heavy atom. The first-order valence-electron chi connectivity index (χ1n) is 6.75. The van der Waals surface area contributed by atoms with E-state index in [0.717, 1.165) is 13.0 Å². The predicted octanol–water partition coefficient (Wildman–Crippen LogP) is 1.41. The molecule has 1 aliphatic carbocycles. The number of carboxylic acid groups (broad SMARTS) is 1. The van der Waals surface area contributed by atoms with Crippen molar-refractivity contribution in [3.05, 3.63) is 0 Å².